The smallest absolute Gasteiger partial charge is 0.225 e. The Morgan fingerprint density at radius 2 is 1.81 bits per heavy atom. The van der Waals surface area contributed by atoms with Gasteiger partial charge in [-0.05, 0) is 45.7 Å². The lowest BCUT2D eigenvalue weighted by Gasteiger charge is -2.37. The van der Waals surface area contributed by atoms with Gasteiger partial charge in [0.05, 0.1) is 0 Å². The van der Waals surface area contributed by atoms with Crippen LogP contribution >= 0.6 is 0 Å². The quantitative estimate of drug-likeness (QED) is 0.727. The van der Waals surface area contributed by atoms with Crippen molar-refractivity contribution in [2.24, 2.45) is 11.8 Å². The summed E-state index contributed by atoms with van der Waals surface area (Å²) in [7, 11) is 4.26. The standard InChI is InChI=1S/C13H24N2O/c1-14(2)10-11-6-8-15(9-7-11)13(16)12-4-3-5-12/h11-12H,3-10H2,1-2H3. The molecule has 0 N–H and O–H groups in total. The maximum atomic E-state index is 12.0. The topological polar surface area (TPSA) is 23.6 Å². The Morgan fingerprint density at radius 1 is 1.19 bits per heavy atom. The summed E-state index contributed by atoms with van der Waals surface area (Å²) in [4.78, 5) is 16.4. The number of rotatable bonds is 3. The molecule has 0 aromatic heterocycles. The molecular weight excluding hydrogens is 200 g/mol. The highest BCUT2D eigenvalue weighted by Gasteiger charge is 2.31. The Kier molecular flexibility index (Phi) is 3.85. The second kappa shape index (κ2) is 5.17. The van der Waals surface area contributed by atoms with E-state index in [9.17, 15) is 4.79 Å². The van der Waals surface area contributed by atoms with Crippen molar-refractivity contribution in [3.8, 4) is 0 Å². The molecular formula is C13H24N2O. The molecule has 0 spiro atoms. The lowest BCUT2D eigenvalue weighted by atomic mass is 9.83. The van der Waals surface area contributed by atoms with Crippen LogP contribution in [0.4, 0.5) is 0 Å². The molecule has 1 aliphatic carbocycles. The fourth-order valence-corrected chi connectivity index (χ4v) is 2.77. The largest absolute Gasteiger partial charge is 0.342 e. The molecule has 1 heterocycles. The van der Waals surface area contributed by atoms with Crippen LogP contribution in [0.1, 0.15) is 32.1 Å². The summed E-state index contributed by atoms with van der Waals surface area (Å²) in [6, 6.07) is 0. The van der Waals surface area contributed by atoms with Crippen molar-refractivity contribution in [1.29, 1.82) is 0 Å². The molecule has 3 nitrogen and oxygen atoms in total. The van der Waals surface area contributed by atoms with Crippen LogP contribution in [0, 0.1) is 11.8 Å². The minimum atomic E-state index is 0.380. The SMILES string of the molecule is CN(C)CC1CCN(C(=O)C2CCC2)CC1. The van der Waals surface area contributed by atoms with Crippen molar-refractivity contribution >= 4 is 5.91 Å². The van der Waals surface area contributed by atoms with E-state index in [-0.39, 0.29) is 0 Å². The Hall–Kier alpha value is -0.570. The molecule has 0 atom stereocenters. The van der Waals surface area contributed by atoms with Gasteiger partial charge in [0.1, 0.15) is 0 Å². The van der Waals surface area contributed by atoms with E-state index in [2.05, 4.69) is 23.9 Å². The highest BCUT2D eigenvalue weighted by atomic mass is 16.2. The van der Waals surface area contributed by atoms with Gasteiger partial charge in [0.2, 0.25) is 5.91 Å². The van der Waals surface area contributed by atoms with Crippen LogP contribution in [0.2, 0.25) is 0 Å². The monoisotopic (exact) mass is 224 g/mol. The first-order chi connectivity index (χ1) is 7.66. The molecule has 92 valence electrons. The van der Waals surface area contributed by atoms with Gasteiger partial charge in [-0.1, -0.05) is 6.42 Å². The Bertz CT molecular complexity index is 240. The van der Waals surface area contributed by atoms with Crippen LogP contribution in [-0.2, 0) is 4.79 Å². The Labute approximate surface area is 98.8 Å². The summed E-state index contributed by atoms with van der Waals surface area (Å²) in [5, 5.41) is 0. The third kappa shape index (κ3) is 2.76. The number of nitrogens with zero attached hydrogens (tertiary/aromatic N) is 2. The highest BCUT2D eigenvalue weighted by molar-refractivity contribution is 5.79. The number of hydrogen-bond acceptors (Lipinski definition) is 2. The molecule has 1 aliphatic heterocycles. The fourth-order valence-electron chi connectivity index (χ4n) is 2.77. The molecule has 16 heavy (non-hydrogen) atoms. The molecule has 0 aromatic rings. The molecule has 1 amide bonds. The zero-order chi connectivity index (χ0) is 11.5. The van der Waals surface area contributed by atoms with Crippen molar-refractivity contribution in [1.82, 2.24) is 9.80 Å². The number of carbonyl (C=O) groups excluding carboxylic acids is 1. The number of carbonyl (C=O) groups is 1. The number of hydrogen-bond donors (Lipinski definition) is 0. The van der Waals surface area contributed by atoms with E-state index in [0.717, 1.165) is 31.8 Å². The van der Waals surface area contributed by atoms with Gasteiger partial charge in [-0.15, -0.1) is 0 Å². The second-order valence-corrected chi connectivity index (χ2v) is 5.66. The molecule has 1 saturated carbocycles. The van der Waals surface area contributed by atoms with E-state index in [4.69, 9.17) is 0 Å². The minimum absolute atomic E-state index is 0.380. The van der Waals surface area contributed by atoms with E-state index in [1.54, 1.807) is 0 Å². The zero-order valence-corrected chi connectivity index (χ0v) is 10.6. The lowest BCUT2D eigenvalue weighted by molar-refractivity contribution is -0.139. The maximum absolute atomic E-state index is 12.0. The van der Waals surface area contributed by atoms with Gasteiger partial charge >= 0.3 is 0 Å². The average Bonchev–Trinajstić information content (AvgIpc) is 2.15. The van der Waals surface area contributed by atoms with E-state index >= 15 is 0 Å². The van der Waals surface area contributed by atoms with Crippen LogP contribution in [0.15, 0.2) is 0 Å². The Morgan fingerprint density at radius 3 is 2.25 bits per heavy atom. The number of piperidine rings is 1. The highest BCUT2D eigenvalue weighted by Crippen LogP contribution is 2.29. The van der Waals surface area contributed by atoms with Crippen molar-refractivity contribution in [2.45, 2.75) is 32.1 Å². The second-order valence-electron chi connectivity index (χ2n) is 5.66. The van der Waals surface area contributed by atoms with Crippen molar-refractivity contribution in [3.05, 3.63) is 0 Å². The molecule has 0 bridgehead atoms. The zero-order valence-electron chi connectivity index (χ0n) is 10.6. The summed E-state index contributed by atoms with van der Waals surface area (Å²) >= 11 is 0. The van der Waals surface area contributed by atoms with Crippen molar-refractivity contribution in [3.63, 3.8) is 0 Å². The predicted molar refractivity (Wildman–Crippen MR) is 65.2 cm³/mol. The van der Waals surface area contributed by atoms with Gasteiger partial charge < -0.3 is 9.80 Å². The van der Waals surface area contributed by atoms with Gasteiger partial charge in [0.15, 0.2) is 0 Å². The van der Waals surface area contributed by atoms with E-state index in [1.807, 2.05) is 0 Å². The van der Waals surface area contributed by atoms with Crippen LogP contribution in [-0.4, -0.2) is 49.4 Å². The normalized spacial score (nSPS) is 23.6. The van der Waals surface area contributed by atoms with Gasteiger partial charge in [0.25, 0.3) is 0 Å². The Balaban J connectivity index is 1.74. The molecule has 0 aromatic carbocycles. The summed E-state index contributed by atoms with van der Waals surface area (Å²) in [5.74, 6) is 1.61. The summed E-state index contributed by atoms with van der Waals surface area (Å²) in [6.45, 7) is 3.16. The average molecular weight is 224 g/mol. The van der Waals surface area contributed by atoms with E-state index in [1.165, 1.54) is 25.8 Å². The van der Waals surface area contributed by atoms with Gasteiger partial charge in [-0.2, -0.15) is 0 Å². The van der Waals surface area contributed by atoms with Gasteiger partial charge in [0, 0.05) is 25.6 Å². The molecule has 0 radical (unpaired) electrons. The molecule has 2 fully saturated rings. The third-order valence-corrected chi connectivity index (χ3v) is 4.00. The summed E-state index contributed by atoms with van der Waals surface area (Å²) < 4.78 is 0. The van der Waals surface area contributed by atoms with Crippen LogP contribution in [0.25, 0.3) is 0 Å². The fraction of sp³-hybridized carbons (Fsp3) is 0.923. The number of amides is 1. The van der Waals surface area contributed by atoms with Crippen molar-refractivity contribution < 1.29 is 4.79 Å². The van der Waals surface area contributed by atoms with Crippen molar-refractivity contribution in [2.75, 3.05) is 33.7 Å². The molecule has 1 saturated heterocycles. The first kappa shape index (κ1) is 11.9. The van der Waals surface area contributed by atoms with Gasteiger partial charge in [-0.3, -0.25) is 4.79 Å². The lowest BCUT2D eigenvalue weighted by Crippen LogP contribution is -2.44. The molecule has 3 heteroatoms. The molecule has 0 unspecified atom stereocenters. The maximum Gasteiger partial charge on any atom is 0.225 e. The summed E-state index contributed by atoms with van der Waals surface area (Å²) in [5.41, 5.74) is 0. The molecule has 2 rings (SSSR count). The summed E-state index contributed by atoms with van der Waals surface area (Å²) in [6.07, 6.45) is 5.91. The minimum Gasteiger partial charge on any atom is -0.342 e. The van der Waals surface area contributed by atoms with E-state index in [0.29, 0.717) is 11.8 Å². The van der Waals surface area contributed by atoms with Crippen LogP contribution < -0.4 is 0 Å². The van der Waals surface area contributed by atoms with Gasteiger partial charge in [-0.25, -0.2) is 0 Å². The van der Waals surface area contributed by atoms with E-state index < -0.39 is 0 Å². The number of likely N-dealkylation sites (tertiary alicyclic amines) is 1. The van der Waals surface area contributed by atoms with Crippen LogP contribution in [0.5, 0.6) is 0 Å². The van der Waals surface area contributed by atoms with Crippen LogP contribution in [0.3, 0.4) is 0 Å². The first-order valence-electron chi connectivity index (χ1n) is 6.60. The third-order valence-electron chi connectivity index (χ3n) is 4.00. The first-order valence-corrected chi connectivity index (χ1v) is 6.60. The molecule has 2 aliphatic rings. The predicted octanol–water partition coefficient (Wildman–Crippen LogP) is 1.59.